The SMILES string of the molecule is CCOc1cc(F)cc(-c2cc(Cl)ccc2C(CC)CC)c1. The zero-order valence-electron chi connectivity index (χ0n) is 13.3. The zero-order valence-corrected chi connectivity index (χ0v) is 14.1. The van der Waals surface area contributed by atoms with Crippen LogP contribution in [0.15, 0.2) is 36.4 Å². The molecular formula is C19H22ClFO. The van der Waals surface area contributed by atoms with Crippen LogP contribution in [0.2, 0.25) is 5.02 Å². The lowest BCUT2D eigenvalue weighted by molar-refractivity contribution is 0.338. The average Bonchev–Trinajstić information content (AvgIpc) is 2.49. The fraction of sp³-hybridized carbons (Fsp3) is 0.368. The molecular weight excluding hydrogens is 299 g/mol. The molecule has 0 amide bonds. The van der Waals surface area contributed by atoms with Crippen molar-refractivity contribution in [2.75, 3.05) is 6.61 Å². The molecule has 118 valence electrons. The molecule has 0 spiro atoms. The van der Waals surface area contributed by atoms with Crippen molar-refractivity contribution in [1.29, 1.82) is 0 Å². The Hall–Kier alpha value is -1.54. The van der Waals surface area contributed by atoms with Crippen LogP contribution in [-0.4, -0.2) is 6.61 Å². The summed E-state index contributed by atoms with van der Waals surface area (Å²) in [5, 5.41) is 0.659. The van der Waals surface area contributed by atoms with Crippen molar-refractivity contribution in [2.45, 2.75) is 39.5 Å². The molecule has 0 fully saturated rings. The fourth-order valence-electron chi connectivity index (χ4n) is 2.83. The summed E-state index contributed by atoms with van der Waals surface area (Å²) in [7, 11) is 0. The molecule has 2 rings (SSSR count). The molecule has 0 aromatic heterocycles. The minimum atomic E-state index is -0.295. The lowest BCUT2D eigenvalue weighted by atomic mass is 9.87. The van der Waals surface area contributed by atoms with Crippen LogP contribution in [0.4, 0.5) is 4.39 Å². The van der Waals surface area contributed by atoms with Gasteiger partial charge in [0.05, 0.1) is 6.61 Å². The molecule has 0 unspecified atom stereocenters. The predicted octanol–water partition coefficient (Wildman–Crippen LogP) is 6.45. The Bertz CT molecular complexity index is 635. The van der Waals surface area contributed by atoms with Crippen LogP contribution in [0, 0.1) is 5.82 Å². The van der Waals surface area contributed by atoms with Crippen molar-refractivity contribution in [2.24, 2.45) is 0 Å². The molecule has 0 aliphatic heterocycles. The summed E-state index contributed by atoms with van der Waals surface area (Å²) in [6.07, 6.45) is 2.08. The van der Waals surface area contributed by atoms with E-state index in [2.05, 4.69) is 19.9 Å². The monoisotopic (exact) mass is 320 g/mol. The molecule has 0 aliphatic rings. The van der Waals surface area contributed by atoms with E-state index in [-0.39, 0.29) is 5.82 Å². The maximum Gasteiger partial charge on any atom is 0.127 e. The van der Waals surface area contributed by atoms with Crippen molar-refractivity contribution in [1.82, 2.24) is 0 Å². The van der Waals surface area contributed by atoms with Crippen molar-refractivity contribution in [3.63, 3.8) is 0 Å². The van der Waals surface area contributed by atoms with Crippen LogP contribution in [0.1, 0.15) is 45.1 Å². The van der Waals surface area contributed by atoms with Gasteiger partial charge in [-0.15, -0.1) is 0 Å². The van der Waals surface area contributed by atoms with E-state index in [1.54, 1.807) is 6.07 Å². The molecule has 1 nitrogen and oxygen atoms in total. The Morgan fingerprint density at radius 1 is 1.05 bits per heavy atom. The van der Waals surface area contributed by atoms with Gasteiger partial charge in [0.2, 0.25) is 0 Å². The smallest absolute Gasteiger partial charge is 0.127 e. The van der Waals surface area contributed by atoms with Gasteiger partial charge in [-0.1, -0.05) is 31.5 Å². The molecule has 0 radical (unpaired) electrons. The van der Waals surface area contributed by atoms with Crippen molar-refractivity contribution < 1.29 is 9.13 Å². The average molecular weight is 321 g/mol. The van der Waals surface area contributed by atoms with E-state index in [0.717, 1.165) is 24.0 Å². The number of hydrogen-bond acceptors (Lipinski definition) is 1. The van der Waals surface area contributed by atoms with Crippen molar-refractivity contribution in [3.8, 4) is 16.9 Å². The van der Waals surface area contributed by atoms with Gasteiger partial charge in [-0.25, -0.2) is 4.39 Å². The van der Waals surface area contributed by atoms with Crippen LogP contribution < -0.4 is 4.74 Å². The van der Waals surface area contributed by atoms with Gasteiger partial charge in [0.25, 0.3) is 0 Å². The van der Waals surface area contributed by atoms with Gasteiger partial charge in [0.15, 0.2) is 0 Å². The summed E-state index contributed by atoms with van der Waals surface area (Å²) in [6.45, 7) is 6.74. The molecule has 22 heavy (non-hydrogen) atoms. The van der Waals surface area contributed by atoms with Gasteiger partial charge in [0, 0.05) is 11.1 Å². The highest BCUT2D eigenvalue weighted by Crippen LogP contribution is 2.36. The Balaban J connectivity index is 2.58. The van der Waals surface area contributed by atoms with Crippen LogP contribution in [0.5, 0.6) is 5.75 Å². The third-order valence-corrected chi connectivity index (χ3v) is 4.17. The standard InChI is InChI=1S/C19H22ClFO/c1-4-13(5-2)18-8-7-15(20)11-19(18)14-9-16(21)12-17(10-14)22-6-3/h7-13H,4-6H2,1-3H3. The lowest BCUT2D eigenvalue weighted by Crippen LogP contribution is -1.99. The van der Waals surface area contributed by atoms with Gasteiger partial charge < -0.3 is 4.74 Å². The fourth-order valence-corrected chi connectivity index (χ4v) is 3.00. The highest BCUT2D eigenvalue weighted by molar-refractivity contribution is 6.30. The maximum atomic E-state index is 13.9. The summed E-state index contributed by atoms with van der Waals surface area (Å²) in [5.41, 5.74) is 3.01. The molecule has 3 heteroatoms. The maximum absolute atomic E-state index is 13.9. The topological polar surface area (TPSA) is 9.23 Å². The van der Waals surface area contributed by atoms with Crippen LogP contribution in [0.3, 0.4) is 0 Å². The summed E-state index contributed by atoms with van der Waals surface area (Å²) in [6, 6.07) is 10.7. The van der Waals surface area contributed by atoms with Crippen molar-refractivity contribution in [3.05, 3.63) is 52.8 Å². The van der Waals surface area contributed by atoms with Gasteiger partial charge in [-0.2, -0.15) is 0 Å². The Morgan fingerprint density at radius 3 is 2.41 bits per heavy atom. The minimum Gasteiger partial charge on any atom is -0.494 e. The summed E-state index contributed by atoms with van der Waals surface area (Å²) in [5.74, 6) is 0.690. The highest BCUT2D eigenvalue weighted by Gasteiger charge is 2.15. The molecule has 0 saturated heterocycles. The van der Waals surface area contributed by atoms with E-state index in [0.29, 0.717) is 23.3 Å². The molecule has 0 N–H and O–H groups in total. The summed E-state index contributed by atoms with van der Waals surface area (Å²) < 4.78 is 19.4. The molecule has 0 heterocycles. The molecule has 2 aromatic rings. The molecule has 0 saturated carbocycles. The second-order valence-corrected chi connectivity index (χ2v) is 5.79. The van der Waals surface area contributed by atoms with Crippen LogP contribution in [0.25, 0.3) is 11.1 Å². The third-order valence-electron chi connectivity index (χ3n) is 3.93. The largest absolute Gasteiger partial charge is 0.494 e. The quantitative estimate of drug-likeness (QED) is 0.594. The Labute approximate surface area is 137 Å². The predicted molar refractivity (Wildman–Crippen MR) is 91.3 cm³/mol. The Kier molecular flexibility index (Phi) is 5.84. The van der Waals surface area contributed by atoms with Crippen molar-refractivity contribution >= 4 is 11.6 Å². The number of halogens is 2. The number of ether oxygens (including phenoxy) is 1. The summed E-state index contributed by atoms with van der Waals surface area (Å²) in [4.78, 5) is 0. The first kappa shape index (κ1) is 16.8. The van der Waals surface area contributed by atoms with E-state index in [1.165, 1.54) is 11.6 Å². The van der Waals surface area contributed by atoms with E-state index in [1.807, 2.05) is 25.1 Å². The first-order chi connectivity index (χ1) is 10.6. The Morgan fingerprint density at radius 2 is 1.77 bits per heavy atom. The van der Waals surface area contributed by atoms with E-state index < -0.39 is 0 Å². The van der Waals surface area contributed by atoms with E-state index >= 15 is 0 Å². The lowest BCUT2D eigenvalue weighted by Gasteiger charge is -2.19. The van der Waals surface area contributed by atoms with Crippen LogP contribution >= 0.6 is 11.6 Å². The first-order valence-electron chi connectivity index (χ1n) is 7.82. The van der Waals surface area contributed by atoms with E-state index in [4.69, 9.17) is 16.3 Å². The third kappa shape index (κ3) is 3.80. The van der Waals surface area contributed by atoms with Gasteiger partial charge in [-0.3, -0.25) is 0 Å². The second kappa shape index (κ2) is 7.64. The molecule has 0 bridgehead atoms. The molecule has 2 aromatic carbocycles. The number of hydrogen-bond donors (Lipinski definition) is 0. The van der Waals surface area contributed by atoms with Gasteiger partial charge in [0.1, 0.15) is 11.6 Å². The van der Waals surface area contributed by atoms with Gasteiger partial charge in [-0.05, 0) is 66.6 Å². The zero-order chi connectivity index (χ0) is 16.1. The van der Waals surface area contributed by atoms with Crippen LogP contribution in [-0.2, 0) is 0 Å². The highest BCUT2D eigenvalue weighted by atomic mass is 35.5. The number of rotatable bonds is 6. The first-order valence-corrected chi connectivity index (χ1v) is 8.20. The number of benzene rings is 2. The normalized spacial score (nSPS) is 11.0. The summed E-state index contributed by atoms with van der Waals surface area (Å²) >= 11 is 6.17. The molecule has 0 aliphatic carbocycles. The molecule has 0 atom stereocenters. The van der Waals surface area contributed by atoms with E-state index in [9.17, 15) is 4.39 Å². The second-order valence-electron chi connectivity index (χ2n) is 5.35. The minimum absolute atomic E-state index is 0.295. The van der Waals surface area contributed by atoms with Gasteiger partial charge >= 0.3 is 0 Å².